The molecule has 0 saturated heterocycles. The highest BCUT2D eigenvalue weighted by atomic mass is 19.2. The van der Waals surface area contributed by atoms with Gasteiger partial charge in [-0.05, 0) is 53.9 Å². The van der Waals surface area contributed by atoms with Gasteiger partial charge in [-0.25, -0.2) is 17.6 Å². The lowest BCUT2D eigenvalue weighted by Gasteiger charge is -2.23. The highest BCUT2D eigenvalue weighted by Gasteiger charge is 2.33. The number of rotatable bonds is 3. The van der Waals surface area contributed by atoms with Crippen LogP contribution in [0.15, 0.2) is 12.1 Å². The van der Waals surface area contributed by atoms with E-state index < -0.39 is 23.3 Å². The second kappa shape index (κ2) is 6.71. The van der Waals surface area contributed by atoms with E-state index in [2.05, 4.69) is 0 Å². The average molecular weight is 362 g/mol. The van der Waals surface area contributed by atoms with E-state index in [-0.39, 0.29) is 17.0 Å². The first-order valence-electron chi connectivity index (χ1n) is 9.53. The molecule has 1 saturated carbocycles. The molecular weight excluding hydrogens is 340 g/mol. The van der Waals surface area contributed by atoms with Gasteiger partial charge in [0.1, 0.15) is 0 Å². The standard InChI is InChI=1S/C22H22F4/c1-2-6-13-9-14-10-15-11-16(12-7-4-3-5-8-12)20(24)22(26)18(15)17(14)21(25)19(13)23/h9,11-12H,2-8,10H2,1H3. The Morgan fingerprint density at radius 2 is 1.42 bits per heavy atom. The van der Waals surface area contributed by atoms with Gasteiger partial charge in [-0.1, -0.05) is 44.7 Å². The lowest BCUT2D eigenvalue weighted by Crippen LogP contribution is -2.09. The zero-order chi connectivity index (χ0) is 18.4. The van der Waals surface area contributed by atoms with Crippen LogP contribution >= 0.6 is 0 Å². The maximum atomic E-state index is 14.9. The molecule has 0 amide bonds. The van der Waals surface area contributed by atoms with E-state index in [0.717, 1.165) is 32.1 Å². The molecule has 2 aliphatic carbocycles. The number of halogens is 4. The second-order valence-corrected chi connectivity index (χ2v) is 7.59. The molecule has 1 fully saturated rings. The van der Waals surface area contributed by atoms with Gasteiger partial charge in [0.05, 0.1) is 0 Å². The third-order valence-electron chi connectivity index (χ3n) is 5.88. The van der Waals surface area contributed by atoms with Crippen molar-refractivity contribution < 1.29 is 17.6 Å². The lowest BCUT2D eigenvalue weighted by atomic mass is 9.82. The van der Waals surface area contributed by atoms with Crippen LogP contribution in [0.1, 0.15) is 73.6 Å². The smallest absolute Gasteiger partial charge is 0.167 e. The zero-order valence-electron chi connectivity index (χ0n) is 14.9. The van der Waals surface area contributed by atoms with Crippen molar-refractivity contribution >= 4 is 0 Å². The monoisotopic (exact) mass is 362 g/mol. The molecular formula is C22H22F4. The van der Waals surface area contributed by atoms with Gasteiger partial charge in [0.15, 0.2) is 23.3 Å². The summed E-state index contributed by atoms with van der Waals surface area (Å²) in [6, 6.07) is 3.31. The Bertz CT molecular complexity index is 863. The molecule has 0 radical (unpaired) electrons. The largest absolute Gasteiger partial charge is 0.203 e. The Balaban J connectivity index is 1.85. The van der Waals surface area contributed by atoms with Crippen molar-refractivity contribution in [1.29, 1.82) is 0 Å². The normalized spacial score (nSPS) is 16.7. The number of benzene rings is 2. The van der Waals surface area contributed by atoms with Crippen LogP contribution in [-0.4, -0.2) is 0 Å². The maximum Gasteiger partial charge on any atom is 0.167 e. The minimum Gasteiger partial charge on any atom is -0.203 e. The molecule has 0 heterocycles. The maximum absolute atomic E-state index is 14.9. The highest BCUT2D eigenvalue weighted by Crippen LogP contribution is 2.45. The third-order valence-corrected chi connectivity index (χ3v) is 5.88. The van der Waals surface area contributed by atoms with E-state index in [1.807, 2.05) is 6.92 Å². The van der Waals surface area contributed by atoms with Gasteiger partial charge < -0.3 is 0 Å². The first-order valence-corrected chi connectivity index (χ1v) is 9.53. The first kappa shape index (κ1) is 17.6. The molecule has 0 nitrogen and oxygen atoms in total. The van der Waals surface area contributed by atoms with E-state index in [1.165, 1.54) is 0 Å². The Labute approximate surface area is 151 Å². The average Bonchev–Trinajstić information content (AvgIpc) is 3.02. The van der Waals surface area contributed by atoms with Gasteiger partial charge in [-0.15, -0.1) is 0 Å². The molecule has 2 aromatic carbocycles. The van der Waals surface area contributed by atoms with Crippen LogP contribution in [0.4, 0.5) is 17.6 Å². The predicted octanol–water partition coefficient (Wildman–Crippen LogP) is 6.81. The molecule has 0 N–H and O–H groups in total. The van der Waals surface area contributed by atoms with E-state index >= 15 is 0 Å². The first-order chi connectivity index (χ1) is 12.5. The quantitative estimate of drug-likeness (QED) is 0.449. The number of fused-ring (bicyclic) bond motifs is 3. The van der Waals surface area contributed by atoms with Gasteiger partial charge in [-0.2, -0.15) is 0 Å². The van der Waals surface area contributed by atoms with Crippen LogP contribution in [-0.2, 0) is 12.8 Å². The van der Waals surface area contributed by atoms with Gasteiger partial charge >= 0.3 is 0 Å². The van der Waals surface area contributed by atoms with Gasteiger partial charge in [0, 0.05) is 11.1 Å². The summed E-state index contributed by atoms with van der Waals surface area (Å²) in [5.74, 6) is -3.88. The summed E-state index contributed by atoms with van der Waals surface area (Å²) in [4.78, 5) is 0. The van der Waals surface area contributed by atoms with E-state index in [9.17, 15) is 17.6 Å². The zero-order valence-corrected chi connectivity index (χ0v) is 14.9. The van der Waals surface area contributed by atoms with Crippen LogP contribution in [0.5, 0.6) is 0 Å². The summed E-state index contributed by atoms with van der Waals surface area (Å²) >= 11 is 0. The topological polar surface area (TPSA) is 0 Å². The second-order valence-electron chi connectivity index (χ2n) is 7.59. The van der Waals surface area contributed by atoms with Crippen molar-refractivity contribution in [2.24, 2.45) is 0 Å². The number of aryl methyl sites for hydroxylation is 1. The van der Waals surface area contributed by atoms with Gasteiger partial charge in [0.25, 0.3) is 0 Å². The Hall–Kier alpha value is -1.84. The molecule has 0 aromatic heterocycles. The van der Waals surface area contributed by atoms with Crippen molar-refractivity contribution in [2.45, 2.75) is 64.2 Å². The molecule has 0 bridgehead atoms. The van der Waals surface area contributed by atoms with Crippen molar-refractivity contribution in [3.63, 3.8) is 0 Å². The SMILES string of the molecule is CCCc1cc2c(c(F)c1F)-c1c(cc(C3CCCCC3)c(F)c1F)C2. The Morgan fingerprint density at radius 3 is 2.08 bits per heavy atom. The lowest BCUT2D eigenvalue weighted by molar-refractivity contribution is 0.417. The molecule has 4 rings (SSSR count). The Morgan fingerprint density at radius 1 is 0.808 bits per heavy atom. The van der Waals surface area contributed by atoms with Crippen LogP contribution in [0, 0.1) is 23.3 Å². The van der Waals surface area contributed by atoms with Crippen LogP contribution < -0.4 is 0 Å². The third kappa shape index (κ3) is 2.65. The van der Waals surface area contributed by atoms with Gasteiger partial charge in [-0.3, -0.25) is 0 Å². The summed E-state index contributed by atoms with van der Waals surface area (Å²) in [7, 11) is 0. The predicted molar refractivity (Wildman–Crippen MR) is 94.3 cm³/mol. The van der Waals surface area contributed by atoms with E-state index in [0.29, 0.717) is 41.5 Å². The fourth-order valence-corrected chi connectivity index (χ4v) is 4.62. The molecule has 0 aliphatic heterocycles. The summed E-state index contributed by atoms with van der Waals surface area (Å²) in [6.07, 6.45) is 6.31. The highest BCUT2D eigenvalue weighted by molar-refractivity contribution is 5.79. The number of hydrogen-bond donors (Lipinski definition) is 0. The molecule has 0 spiro atoms. The molecule has 2 aromatic rings. The minimum atomic E-state index is -1.05. The van der Waals surface area contributed by atoms with Crippen molar-refractivity contribution in [2.75, 3.05) is 0 Å². The summed E-state index contributed by atoms with van der Waals surface area (Å²) in [6.45, 7) is 1.89. The minimum absolute atomic E-state index is 0.0181. The van der Waals surface area contributed by atoms with Crippen molar-refractivity contribution in [1.82, 2.24) is 0 Å². The van der Waals surface area contributed by atoms with Crippen molar-refractivity contribution in [3.8, 4) is 11.1 Å². The molecule has 4 heteroatoms. The van der Waals surface area contributed by atoms with Crippen LogP contribution in [0.2, 0.25) is 0 Å². The van der Waals surface area contributed by atoms with Crippen LogP contribution in [0.3, 0.4) is 0 Å². The summed E-state index contributed by atoms with van der Waals surface area (Å²) < 4.78 is 58.7. The fourth-order valence-electron chi connectivity index (χ4n) is 4.62. The molecule has 0 atom stereocenters. The number of hydrogen-bond acceptors (Lipinski definition) is 0. The van der Waals surface area contributed by atoms with E-state index in [4.69, 9.17) is 0 Å². The molecule has 0 unspecified atom stereocenters. The summed E-state index contributed by atoms with van der Waals surface area (Å²) in [5, 5.41) is 0. The van der Waals surface area contributed by atoms with E-state index in [1.54, 1.807) is 12.1 Å². The fraction of sp³-hybridized carbons (Fsp3) is 0.455. The summed E-state index contributed by atoms with van der Waals surface area (Å²) in [5.41, 5.74) is 1.67. The van der Waals surface area contributed by atoms with Crippen molar-refractivity contribution in [3.05, 3.63) is 57.7 Å². The molecule has 2 aliphatic rings. The Kier molecular flexibility index (Phi) is 4.54. The molecule has 26 heavy (non-hydrogen) atoms. The van der Waals surface area contributed by atoms with Gasteiger partial charge in [0.2, 0.25) is 0 Å². The van der Waals surface area contributed by atoms with Crippen LogP contribution in [0.25, 0.3) is 11.1 Å². The molecule has 138 valence electrons.